The van der Waals surface area contributed by atoms with Crippen molar-refractivity contribution in [2.75, 3.05) is 0 Å². The lowest BCUT2D eigenvalue weighted by Gasteiger charge is -2.16. The predicted molar refractivity (Wildman–Crippen MR) is 121 cm³/mol. The van der Waals surface area contributed by atoms with Gasteiger partial charge in [-0.05, 0) is 62.7 Å². The van der Waals surface area contributed by atoms with Gasteiger partial charge >= 0.3 is 0 Å². The molecule has 1 aromatic rings. The molecule has 1 atom stereocenters. The van der Waals surface area contributed by atoms with Crippen LogP contribution in [0.5, 0.6) is 0 Å². The van der Waals surface area contributed by atoms with Crippen molar-refractivity contribution in [1.29, 1.82) is 0 Å². The molecule has 1 unspecified atom stereocenters. The second kappa shape index (κ2) is 11.8. The third kappa shape index (κ3) is 6.61. The highest BCUT2D eigenvalue weighted by Crippen LogP contribution is 2.27. The molecular formula is C25H38N2O. The topological polar surface area (TPSA) is 38.4 Å². The van der Waals surface area contributed by atoms with E-state index in [0.29, 0.717) is 5.92 Å². The van der Waals surface area contributed by atoms with E-state index in [1.165, 1.54) is 24.1 Å². The average Bonchev–Trinajstić information content (AvgIpc) is 3.09. The summed E-state index contributed by atoms with van der Waals surface area (Å²) >= 11 is 0. The van der Waals surface area contributed by atoms with Gasteiger partial charge in [-0.3, -0.25) is 4.99 Å². The summed E-state index contributed by atoms with van der Waals surface area (Å²) in [6, 6.07) is 0. The van der Waals surface area contributed by atoms with Crippen LogP contribution in [0, 0.1) is 5.92 Å². The maximum Gasteiger partial charge on any atom is 0.194 e. The van der Waals surface area contributed by atoms with Crippen LogP contribution in [0.4, 0.5) is 0 Å². The summed E-state index contributed by atoms with van der Waals surface area (Å²) in [5.41, 5.74) is 4.78. The number of aliphatic imine (C=N–C) groups is 1. The standard InChI is InChI=1S/C25H38N2O/c1-6-9-13-20(5)26-22-15-12-17-24-23(27-25(28-24)18-10-7-2)16-11-14-21(22)19(4)8-3/h11-12,15-16,19H,6-10,13-14,17-18H2,1-5H3/b15-12-,16-11-,22-21-,26-20?. The van der Waals surface area contributed by atoms with Crippen LogP contribution in [0.2, 0.25) is 0 Å². The van der Waals surface area contributed by atoms with Crippen molar-refractivity contribution in [2.24, 2.45) is 10.9 Å². The minimum Gasteiger partial charge on any atom is -0.445 e. The molecule has 3 nitrogen and oxygen atoms in total. The van der Waals surface area contributed by atoms with Gasteiger partial charge < -0.3 is 4.42 Å². The Bertz CT molecular complexity index is 734. The van der Waals surface area contributed by atoms with E-state index in [0.717, 1.165) is 68.0 Å². The molecule has 1 aliphatic carbocycles. The first kappa shape index (κ1) is 22.4. The van der Waals surface area contributed by atoms with Crippen molar-refractivity contribution in [3.8, 4) is 0 Å². The lowest BCUT2D eigenvalue weighted by molar-refractivity contribution is 0.456. The fourth-order valence-corrected chi connectivity index (χ4v) is 3.42. The van der Waals surface area contributed by atoms with Crippen molar-refractivity contribution < 1.29 is 4.42 Å². The van der Waals surface area contributed by atoms with Crippen molar-refractivity contribution in [3.05, 3.63) is 46.8 Å². The number of unbranched alkanes of at least 4 members (excludes halogenated alkanes) is 2. The molecule has 28 heavy (non-hydrogen) atoms. The van der Waals surface area contributed by atoms with Crippen LogP contribution in [0.15, 0.2) is 38.9 Å². The monoisotopic (exact) mass is 382 g/mol. The number of aryl methyl sites for hydroxylation is 1. The molecule has 0 spiro atoms. The van der Waals surface area contributed by atoms with Crippen molar-refractivity contribution >= 4 is 11.8 Å². The molecule has 0 N–H and O–H groups in total. The molecule has 0 fully saturated rings. The van der Waals surface area contributed by atoms with E-state index in [1.54, 1.807) is 0 Å². The van der Waals surface area contributed by atoms with E-state index in [4.69, 9.17) is 14.4 Å². The number of oxazole rings is 1. The summed E-state index contributed by atoms with van der Waals surface area (Å²) in [4.78, 5) is 9.75. The van der Waals surface area contributed by atoms with Crippen LogP contribution in [0.1, 0.15) is 96.9 Å². The molecule has 0 radical (unpaired) electrons. The van der Waals surface area contributed by atoms with Gasteiger partial charge in [0.1, 0.15) is 11.5 Å². The first-order valence-electron chi connectivity index (χ1n) is 11.2. The summed E-state index contributed by atoms with van der Waals surface area (Å²) in [5, 5.41) is 0. The number of nitrogens with zero attached hydrogens (tertiary/aromatic N) is 2. The molecule has 2 rings (SSSR count). The minimum atomic E-state index is 0.517. The fourth-order valence-electron chi connectivity index (χ4n) is 3.42. The van der Waals surface area contributed by atoms with Crippen LogP contribution < -0.4 is 0 Å². The Kier molecular flexibility index (Phi) is 9.46. The molecule has 1 heterocycles. The molecule has 154 valence electrons. The third-order valence-electron chi connectivity index (χ3n) is 5.45. The molecular weight excluding hydrogens is 344 g/mol. The molecule has 0 aromatic carbocycles. The van der Waals surface area contributed by atoms with Crippen molar-refractivity contribution in [3.63, 3.8) is 0 Å². The molecule has 0 bridgehead atoms. The number of hydrogen-bond donors (Lipinski definition) is 0. The lowest BCUT2D eigenvalue weighted by atomic mass is 9.92. The van der Waals surface area contributed by atoms with E-state index >= 15 is 0 Å². The van der Waals surface area contributed by atoms with Gasteiger partial charge in [0.15, 0.2) is 5.89 Å². The van der Waals surface area contributed by atoms with Gasteiger partial charge in [0.2, 0.25) is 0 Å². The summed E-state index contributed by atoms with van der Waals surface area (Å²) in [6.45, 7) is 11.2. The van der Waals surface area contributed by atoms with Gasteiger partial charge in [0.25, 0.3) is 0 Å². The molecule has 1 aromatic heterocycles. The molecule has 0 aliphatic heterocycles. The summed E-state index contributed by atoms with van der Waals surface area (Å²) < 4.78 is 6.04. The number of fused-ring (bicyclic) bond motifs is 1. The Balaban J connectivity index is 2.33. The van der Waals surface area contributed by atoms with Crippen molar-refractivity contribution in [2.45, 2.75) is 92.4 Å². The zero-order valence-corrected chi connectivity index (χ0v) is 18.6. The third-order valence-corrected chi connectivity index (χ3v) is 5.45. The van der Waals surface area contributed by atoms with E-state index in [2.05, 4.69) is 58.9 Å². The van der Waals surface area contributed by atoms with E-state index in [1.807, 2.05) is 0 Å². The van der Waals surface area contributed by atoms with Crippen molar-refractivity contribution in [1.82, 2.24) is 4.98 Å². The summed E-state index contributed by atoms with van der Waals surface area (Å²) in [7, 11) is 0. The van der Waals surface area contributed by atoms with E-state index in [-0.39, 0.29) is 0 Å². The lowest BCUT2D eigenvalue weighted by Crippen LogP contribution is -2.03. The van der Waals surface area contributed by atoms with Crippen LogP contribution in [-0.4, -0.2) is 10.7 Å². The van der Waals surface area contributed by atoms with Crippen LogP contribution in [-0.2, 0) is 12.8 Å². The first-order valence-corrected chi connectivity index (χ1v) is 11.2. The predicted octanol–water partition coefficient (Wildman–Crippen LogP) is 7.48. The highest BCUT2D eigenvalue weighted by Gasteiger charge is 2.14. The molecule has 0 amide bonds. The maximum absolute atomic E-state index is 6.04. The van der Waals surface area contributed by atoms with Crippen LogP contribution in [0.3, 0.4) is 0 Å². The first-order chi connectivity index (χ1) is 13.6. The van der Waals surface area contributed by atoms with E-state index < -0.39 is 0 Å². The summed E-state index contributed by atoms with van der Waals surface area (Å²) in [5.74, 6) is 2.35. The highest BCUT2D eigenvalue weighted by molar-refractivity contribution is 5.83. The van der Waals surface area contributed by atoms with Crippen LogP contribution >= 0.6 is 0 Å². The normalized spacial score (nSPS) is 21.2. The van der Waals surface area contributed by atoms with Gasteiger partial charge in [0, 0.05) is 18.6 Å². The Hall–Kier alpha value is -1.90. The zero-order chi connectivity index (χ0) is 20.4. The maximum atomic E-state index is 6.04. The Morgan fingerprint density at radius 3 is 2.57 bits per heavy atom. The molecule has 0 saturated carbocycles. The molecule has 0 saturated heterocycles. The number of allylic oxidation sites excluding steroid dienone is 4. The number of hydrogen-bond acceptors (Lipinski definition) is 3. The van der Waals surface area contributed by atoms with Gasteiger partial charge in [-0.15, -0.1) is 0 Å². The highest BCUT2D eigenvalue weighted by atomic mass is 16.4. The molecule has 3 heteroatoms. The Morgan fingerprint density at radius 2 is 1.86 bits per heavy atom. The second-order valence-corrected chi connectivity index (χ2v) is 7.90. The van der Waals surface area contributed by atoms with Gasteiger partial charge in [-0.1, -0.05) is 52.7 Å². The van der Waals surface area contributed by atoms with Crippen LogP contribution in [0.25, 0.3) is 6.08 Å². The number of aromatic nitrogens is 1. The Labute approximate surface area is 171 Å². The SMILES string of the molecule is CCCCC(C)=NC1=C(\C(C)CC)C/C=C\c2nc(CCCC)oc2C/C=C\1. The van der Waals surface area contributed by atoms with Gasteiger partial charge in [-0.2, -0.15) is 0 Å². The largest absolute Gasteiger partial charge is 0.445 e. The minimum absolute atomic E-state index is 0.517. The Morgan fingerprint density at radius 1 is 1.11 bits per heavy atom. The zero-order valence-electron chi connectivity index (χ0n) is 18.6. The second-order valence-electron chi connectivity index (χ2n) is 7.90. The van der Waals surface area contributed by atoms with Gasteiger partial charge in [0.05, 0.1) is 5.70 Å². The molecule has 1 aliphatic rings. The van der Waals surface area contributed by atoms with E-state index in [9.17, 15) is 0 Å². The fraction of sp³-hybridized carbons (Fsp3) is 0.600. The number of rotatable bonds is 9. The summed E-state index contributed by atoms with van der Waals surface area (Å²) in [6.07, 6.45) is 18.3. The van der Waals surface area contributed by atoms with Gasteiger partial charge in [-0.25, -0.2) is 4.98 Å². The quantitative estimate of drug-likeness (QED) is 0.415. The smallest absolute Gasteiger partial charge is 0.194 e. The average molecular weight is 383 g/mol.